The van der Waals surface area contributed by atoms with Crippen LogP contribution in [0.5, 0.6) is 0 Å². The summed E-state index contributed by atoms with van der Waals surface area (Å²) < 4.78 is 0. The number of carbonyl (C=O) groups excluding carboxylic acids is 1. The molecule has 6 heteroatoms. The third-order valence-electron chi connectivity index (χ3n) is 2.42. The number of amides is 1. The molecule has 0 atom stereocenters. The highest BCUT2D eigenvalue weighted by Crippen LogP contribution is 2.06. The van der Waals surface area contributed by atoms with Crippen LogP contribution in [0.1, 0.15) is 33.6 Å². The first kappa shape index (κ1) is 16.0. The van der Waals surface area contributed by atoms with Gasteiger partial charge in [-0.15, -0.1) is 0 Å². The van der Waals surface area contributed by atoms with Gasteiger partial charge in [-0.05, 0) is 25.8 Å². The second kappa shape index (κ2) is 8.14. The van der Waals surface area contributed by atoms with Crippen LogP contribution in [0.4, 0.5) is 0 Å². The Kier molecular flexibility index (Phi) is 7.66. The third-order valence-corrected chi connectivity index (χ3v) is 2.42. The van der Waals surface area contributed by atoms with Crippen LogP contribution in [0.2, 0.25) is 0 Å². The van der Waals surface area contributed by atoms with E-state index in [0.717, 1.165) is 18.4 Å². The lowest BCUT2D eigenvalue weighted by atomic mass is 9.91. The molecule has 98 valence electrons. The van der Waals surface area contributed by atoms with Crippen molar-refractivity contribution in [3.05, 3.63) is 11.3 Å². The normalized spacial score (nSPS) is 9.76. The van der Waals surface area contributed by atoms with Gasteiger partial charge in [-0.1, -0.05) is 13.3 Å². The van der Waals surface area contributed by atoms with Gasteiger partial charge in [0.15, 0.2) is 0 Å². The van der Waals surface area contributed by atoms with Gasteiger partial charge in [0.2, 0.25) is 0 Å². The van der Waals surface area contributed by atoms with E-state index >= 15 is 0 Å². The summed E-state index contributed by atoms with van der Waals surface area (Å²) in [7, 11) is 0.194. The van der Waals surface area contributed by atoms with Crippen LogP contribution >= 0.6 is 0 Å². The summed E-state index contributed by atoms with van der Waals surface area (Å²) in [5, 5.41) is 20.8. The number of rotatable bonds is 7. The van der Waals surface area contributed by atoms with E-state index in [4.69, 9.17) is 10.0 Å². The molecule has 0 aliphatic rings. The van der Waals surface area contributed by atoms with Crippen LogP contribution in [0.3, 0.4) is 0 Å². The van der Waals surface area contributed by atoms with Crippen molar-refractivity contribution in [1.82, 2.24) is 10.2 Å². The smallest absolute Gasteiger partial charge is 0.426 e. The topological polar surface area (TPSA) is 72.8 Å². The molecular formula is C11H23BN2O3. The molecule has 0 fully saturated rings. The average Bonchev–Trinajstić information content (AvgIpc) is 2.23. The number of unbranched alkanes of at least 4 members (excludes halogenated alkanes) is 1. The predicted octanol–water partition coefficient (Wildman–Crippen LogP) is 0.140. The van der Waals surface area contributed by atoms with Gasteiger partial charge in [-0.2, -0.15) is 0 Å². The molecule has 0 heterocycles. The number of nitrogens with zero attached hydrogens (tertiary/aromatic N) is 1. The Labute approximate surface area is 104 Å². The molecular weight excluding hydrogens is 219 g/mol. The van der Waals surface area contributed by atoms with E-state index < -0.39 is 7.12 Å². The van der Waals surface area contributed by atoms with Crippen LogP contribution in [-0.2, 0) is 4.79 Å². The first-order valence-electron chi connectivity index (χ1n) is 5.94. The van der Waals surface area contributed by atoms with E-state index in [9.17, 15) is 4.79 Å². The highest BCUT2D eigenvalue weighted by molar-refractivity contribution is 6.41. The predicted molar refractivity (Wildman–Crippen MR) is 69.1 cm³/mol. The number of allylic oxidation sites excluding steroid dienone is 1. The van der Waals surface area contributed by atoms with E-state index in [1.54, 1.807) is 7.05 Å². The van der Waals surface area contributed by atoms with Crippen molar-refractivity contribution in [3.63, 3.8) is 0 Å². The Morgan fingerprint density at radius 3 is 2.29 bits per heavy atom. The molecule has 0 aliphatic heterocycles. The lowest BCUT2D eigenvalue weighted by Crippen LogP contribution is -2.43. The summed E-state index contributed by atoms with van der Waals surface area (Å²) in [4.78, 5) is 13.6. The molecule has 1 amide bonds. The van der Waals surface area contributed by atoms with Crippen LogP contribution in [0.25, 0.3) is 0 Å². The van der Waals surface area contributed by atoms with Gasteiger partial charge in [0.1, 0.15) is 0 Å². The van der Waals surface area contributed by atoms with Gasteiger partial charge in [0.05, 0.1) is 12.1 Å². The van der Waals surface area contributed by atoms with Crippen molar-refractivity contribution in [3.8, 4) is 0 Å². The van der Waals surface area contributed by atoms with Crippen LogP contribution in [0, 0.1) is 0 Å². The maximum Gasteiger partial charge on any atom is 0.472 e. The van der Waals surface area contributed by atoms with Crippen LogP contribution < -0.4 is 5.32 Å². The number of hydrogen-bond donors (Lipinski definition) is 3. The molecule has 0 rings (SSSR count). The van der Waals surface area contributed by atoms with Crippen molar-refractivity contribution < 1.29 is 14.8 Å². The van der Waals surface area contributed by atoms with Crippen molar-refractivity contribution in [2.24, 2.45) is 0 Å². The zero-order valence-electron chi connectivity index (χ0n) is 11.2. The minimum absolute atomic E-state index is 0.0582. The third kappa shape index (κ3) is 5.74. The summed E-state index contributed by atoms with van der Waals surface area (Å²) in [6, 6.07) is 0. The number of nitrogens with one attached hydrogen (secondary N) is 1. The molecule has 3 N–H and O–H groups in total. The molecule has 0 aromatic carbocycles. The van der Waals surface area contributed by atoms with Gasteiger partial charge in [0, 0.05) is 13.6 Å². The maximum absolute atomic E-state index is 12.1. The Balaban J connectivity index is 4.78. The fourth-order valence-electron chi connectivity index (χ4n) is 1.55. The highest BCUT2D eigenvalue weighted by Gasteiger charge is 2.22. The summed E-state index contributed by atoms with van der Waals surface area (Å²) >= 11 is 0. The fourth-order valence-corrected chi connectivity index (χ4v) is 1.55. The zero-order chi connectivity index (χ0) is 13.4. The molecule has 17 heavy (non-hydrogen) atoms. The molecule has 0 saturated heterocycles. The Bertz CT molecular complexity index is 276. The SMILES string of the molecule is CCCCN(CB(O)O)C(=O)C(NC)=C(C)C. The second-order valence-electron chi connectivity index (χ2n) is 4.21. The Morgan fingerprint density at radius 2 is 1.94 bits per heavy atom. The van der Waals surface area contributed by atoms with E-state index in [-0.39, 0.29) is 12.4 Å². The van der Waals surface area contributed by atoms with E-state index in [1.807, 2.05) is 20.8 Å². The molecule has 0 unspecified atom stereocenters. The lowest BCUT2D eigenvalue weighted by Gasteiger charge is -2.24. The molecule has 0 aromatic heterocycles. The number of likely N-dealkylation sites (N-methyl/N-ethyl adjacent to an activating group) is 1. The van der Waals surface area contributed by atoms with Gasteiger partial charge in [-0.25, -0.2) is 0 Å². The van der Waals surface area contributed by atoms with E-state index in [1.165, 1.54) is 4.90 Å². The van der Waals surface area contributed by atoms with Gasteiger partial charge in [0.25, 0.3) is 5.91 Å². The monoisotopic (exact) mass is 242 g/mol. The molecule has 0 radical (unpaired) electrons. The highest BCUT2D eigenvalue weighted by atomic mass is 16.4. The largest absolute Gasteiger partial charge is 0.472 e. The number of carbonyl (C=O) groups is 1. The maximum atomic E-state index is 12.1. The second-order valence-corrected chi connectivity index (χ2v) is 4.21. The summed E-state index contributed by atoms with van der Waals surface area (Å²) in [6.07, 6.45) is 1.74. The van der Waals surface area contributed by atoms with Gasteiger partial charge >= 0.3 is 7.12 Å². The minimum atomic E-state index is -1.49. The average molecular weight is 242 g/mol. The number of hydrogen-bond acceptors (Lipinski definition) is 4. The minimum Gasteiger partial charge on any atom is -0.426 e. The van der Waals surface area contributed by atoms with Crippen LogP contribution in [0.15, 0.2) is 11.3 Å². The molecule has 0 aliphatic carbocycles. The van der Waals surface area contributed by atoms with Crippen molar-refractivity contribution >= 4 is 13.0 Å². The summed E-state index contributed by atoms with van der Waals surface area (Å²) in [5.41, 5.74) is 1.40. The summed E-state index contributed by atoms with van der Waals surface area (Å²) in [5.74, 6) is -0.186. The molecule has 0 aromatic rings. The quantitative estimate of drug-likeness (QED) is 0.438. The first-order chi connectivity index (χ1) is 7.93. The van der Waals surface area contributed by atoms with Crippen LogP contribution in [-0.4, -0.2) is 48.0 Å². The lowest BCUT2D eigenvalue weighted by molar-refractivity contribution is -0.127. The fraction of sp³-hybridized carbons (Fsp3) is 0.727. The van der Waals surface area contributed by atoms with E-state index in [0.29, 0.717) is 12.2 Å². The standard InChI is InChI=1S/C11H23BN2O3/c1-5-6-7-14(8-12(16)17)11(15)10(13-4)9(2)3/h13,16-17H,5-8H2,1-4H3. The summed E-state index contributed by atoms with van der Waals surface area (Å²) in [6.45, 7) is 6.25. The zero-order valence-corrected chi connectivity index (χ0v) is 11.2. The first-order valence-corrected chi connectivity index (χ1v) is 5.94. The van der Waals surface area contributed by atoms with Gasteiger partial charge in [-0.3, -0.25) is 4.79 Å². The Hall–Kier alpha value is -1.01. The molecule has 0 spiro atoms. The van der Waals surface area contributed by atoms with Crippen molar-refractivity contribution in [1.29, 1.82) is 0 Å². The molecule has 0 bridgehead atoms. The Morgan fingerprint density at radius 1 is 1.35 bits per heavy atom. The van der Waals surface area contributed by atoms with Crippen molar-refractivity contribution in [2.45, 2.75) is 33.6 Å². The molecule has 0 saturated carbocycles. The van der Waals surface area contributed by atoms with E-state index in [2.05, 4.69) is 5.32 Å². The van der Waals surface area contributed by atoms with Gasteiger partial charge < -0.3 is 20.3 Å². The van der Waals surface area contributed by atoms with Crippen molar-refractivity contribution in [2.75, 3.05) is 20.0 Å². The molecule has 5 nitrogen and oxygen atoms in total.